The van der Waals surface area contributed by atoms with Gasteiger partial charge in [-0.05, 0) is 72.2 Å². The summed E-state index contributed by atoms with van der Waals surface area (Å²) in [7, 11) is 0. The Kier molecular flexibility index (Phi) is 7.53. The third kappa shape index (κ3) is 5.22. The van der Waals surface area contributed by atoms with Crippen molar-refractivity contribution in [2.45, 2.75) is 63.2 Å². The van der Waals surface area contributed by atoms with E-state index in [1.165, 1.54) is 0 Å². The van der Waals surface area contributed by atoms with Crippen LogP contribution in [-0.4, -0.2) is 57.2 Å². The summed E-state index contributed by atoms with van der Waals surface area (Å²) < 4.78 is 5.41. The Balaban J connectivity index is 1.29. The number of phenols is 1. The van der Waals surface area contributed by atoms with Gasteiger partial charge in [0.15, 0.2) is 0 Å². The zero-order valence-corrected chi connectivity index (χ0v) is 23.1. The van der Waals surface area contributed by atoms with E-state index in [1.807, 2.05) is 25.1 Å². The number of fused-ring (bicyclic) bond motifs is 5. The molecule has 1 aromatic heterocycles. The Morgan fingerprint density at radius 2 is 2.00 bits per heavy atom. The maximum Gasteiger partial charge on any atom is 0.243 e. The Hall–Kier alpha value is -4.11. The molecule has 41 heavy (non-hydrogen) atoms. The number of aliphatic hydroxyl groups is 1. The van der Waals surface area contributed by atoms with Crippen molar-refractivity contribution >= 4 is 17.5 Å². The third-order valence-corrected chi connectivity index (χ3v) is 8.74. The van der Waals surface area contributed by atoms with Gasteiger partial charge in [0, 0.05) is 37.0 Å². The highest BCUT2D eigenvalue weighted by molar-refractivity contribution is 5.91. The van der Waals surface area contributed by atoms with Crippen LogP contribution in [0.2, 0.25) is 0 Å². The number of pyridine rings is 1. The summed E-state index contributed by atoms with van der Waals surface area (Å²) in [6.07, 6.45) is 4.72. The number of carbonyl (C=O) groups excluding carboxylic acids is 2. The number of aromatic hydroxyl groups is 1. The molecule has 9 nitrogen and oxygen atoms in total. The van der Waals surface area contributed by atoms with Gasteiger partial charge in [0.05, 0.1) is 25.2 Å². The molecule has 4 N–H and O–H groups in total. The predicted octanol–water partition coefficient (Wildman–Crippen LogP) is 3.67. The van der Waals surface area contributed by atoms with Gasteiger partial charge >= 0.3 is 0 Å². The third-order valence-electron chi connectivity index (χ3n) is 8.74. The number of hydrogen-bond donors (Lipinski definition) is 4. The summed E-state index contributed by atoms with van der Waals surface area (Å²) in [4.78, 5) is 34.4. The van der Waals surface area contributed by atoms with Gasteiger partial charge in [0.1, 0.15) is 11.8 Å². The minimum absolute atomic E-state index is 0.00111. The first-order valence-electron chi connectivity index (χ1n) is 14.4. The van der Waals surface area contributed by atoms with Crippen LogP contribution in [0.4, 0.5) is 5.69 Å². The number of nitrogens with zero attached hydrogens (tertiary/aromatic N) is 2. The average molecular weight is 557 g/mol. The highest BCUT2D eigenvalue weighted by Crippen LogP contribution is 2.47. The number of para-hydroxylation sites is 1. The zero-order chi connectivity index (χ0) is 28.5. The van der Waals surface area contributed by atoms with Gasteiger partial charge in [-0.25, -0.2) is 4.98 Å². The summed E-state index contributed by atoms with van der Waals surface area (Å²) in [6, 6.07) is 15.3. The normalized spacial score (nSPS) is 23.4. The highest BCUT2D eigenvalue weighted by Gasteiger charge is 2.47. The molecule has 2 aliphatic heterocycles. The second-order valence-electron chi connectivity index (χ2n) is 11.1. The minimum Gasteiger partial charge on any atom is -0.508 e. The fourth-order valence-electron chi connectivity index (χ4n) is 6.76. The van der Waals surface area contributed by atoms with E-state index in [2.05, 4.69) is 27.8 Å². The molecule has 1 fully saturated rings. The predicted molar refractivity (Wildman–Crippen MR) is 153 cm³/mol. The minimum atomic E-state index is -0.792. The molecule has 3 aliphatic rings. The molecular weight excluding hydrogens is 520 g/mol. The molecule has 6 rings (SSSR count). The van der Waals surface area contributed by atoms with E-state index in [0.717, 1.165) is 41.6 Å². The Morgan fingerprint density at radius 3 is 2.78 bits per heavy atom. The molecule has 5 atom stereocenters. The summed E-state index contributed by atoms with van der Waals surface area (Å²) in [5.41, 5.74) is 4.65. The van der Waals surface area contributed by atoms with Gasteiger partial charge in [0.2, 0.25) is 17.7 Å². The quantitative estimate of drug-likeness (QED) is 0.350. The van der Waals surface area contributed by atoms with Gasteiger partial charge in [-0.2, -0.15) is 0 Å². The van der Waals surface area contributed by atoms with Crippen LogP contribution < -0.4 is 15.4 Å². The second kappa shape index (κ2) is 11.4. The number of nitrogens with one attached hydrogen (secondary N) is 2. The van der Waals surface area contributed by atoms with Gasteiger partial charge in [0.25, 0.3) is 0 Å². The summed E-state index contributed by atoms with van der Waals surface area (Å²) in [5.74, 6) is 0.00530. The summed E-state index contributed by atoms with van der Waals surface area (Å²) in [5, 5.41) is 26.9. The molecule has 2 bridgehead atoms. The number of hydrogen-bond acceptors (Lipinski definition) is 7. The maximum atomic E-state index is 14.5. The second-order valence-corrected chi connectivity index (χ2v) is 11.1. The molecule has 3 unspecified atom stereocenters. The van der Waals surface area contributed by atoms with Crippen LogP contribution in [0.3, 0.4) is 0 Å². The standard InChI is InChI=1S/C32H36N4O5/c1-2-41-29-13-11-19(16-33-29)27(18-37)35-31(39)28-15-21-14-22(38)12-10-20(21)17-36(28)32(40)30-24-7-5-9-26(30)34-25-8-4-3-6-23(24)25/h3-4,6,8,10-14,16,24,26-28,30,34,37-38H,2,5,7,9,15,17-18H2,1H3,(H,35,39)/t24?,26-,27?,28?,30+/m0/s1. The molecule has 1 saturated carbocycles. The van der Waals surface area contributed by atoms with Gasteiger partial charge in [-0.15, -0.1) is 0 Å². The van der Waals surface area contributed by atoms with Gasteiger partial charge < -0.3 is 30.5 Å². The number of aromatic nitrogens is 1. The highest BCUT2D eigenvalue weighted by atomic mass is 16.5. The Morgan fingerprint density at radius 1 is 1.15 bits per heavy atom. The SMILES string of the molecule is CCOc1ccc(C(CO)NC(=O)C2Cc3cc(O)ccc3CN2C(=O)[C@@H]2C3CCC[C@@H]2Nc2ccccc23)cn1. The molecule has 3 aromatic rings. The van der Waals surface area contributed by atoms with Crippen LogP contribution >= 0.6 is 0 Å². The number of ether oxygens (including phenoxy) is 1. The first-order chi connectivity index (χ1) is 20.0. The number of anilines is 1. The van der Waals surface area contributed by atoms with E-state index in [1.54, 1.807) is 35.4 Å². The Bertz CT molecular complexity index is 1430. The van der Waals surface area contributed by atoms with Crippen molar-refractivity contribution in [2.75, 3.05) is 18.5 Å². The smallest absolute Gasteiger partial charge is 0.243 e. The molecular formula is C32H36N4O5. The van der Waals surface area contributed by atoms with Crippen LogP contribution in [-0.2, 0) is 22.6 Å². The van der Waals surface area contributed by atoms with E-state index in [-0.39, 0.29) is 55.0 Å². The van der Waals surface area contributed by atoms with Crippen molar-refractivity contribution in [3.63, 3.8) is 0 Å². The van der Waals surface area contributed by atoms with E-state index >= 15 is 0 Å². The lowest BCUT2D eigenvalue weighted by atomic mass is 9.68. The van der Waals surface area contributed by atoms with Crippen LogP contribution in [0.5, 0.6) is 11.6 Å². The van der Waals surface area contributed by atoms with Gasteiger partial charge in [-0.3, -0.25) is 9.59 Å². The molecule has 2 aromatic carbocycles. The summed E-state index contributed by atoms with van der Waals surface area (Å²) >= 11 is 0. The topological polar surface area (TPSA) is 124 Å². The van der Waals surface area contributed by atoms with Crippen LogP contribution in [0.25, 0.3) is 0 Å². The lowest BCUT2D eigenvalue weighted by molar-refractivity contribution is -0.147. The lowest BCUT2D eigenvalue weighted by Crippen LogP contribution is -2.58. The van der Waals surface area contributed by atoms with E-state index < -0.39 is 12.1 Å². The van der Waals surface area contributed by atoms with Crippen molar-refractivity contribution in [1.29, 1.82) is 0 Å². The molecule has 0 saturated heterocycles. The molecule has 2 amide bonds. The molecule has 9 heteroatoms. The number of amides is 2. The van der Waals surface area contributed by atoms with E-state index in [9.17, 15) is 19.8 Å². The molecule has 214 valence electrons. The molecule has 0 spiro atoms. The lowest BCUT2D eigenvalue weighted by Gasteiger charge is -2.47. The Labute approximate surface area is 239 Å². The maximum absolute atomic E-state index is 14.5. The van der Waals surface area contributed by atoms with E-state index in [0.29, 0.717) is 18.1 Å². The number of aliphatic hydroxyl groups excluding tert-OH is 1. The van der Waals surface area contributed by atoms with Crippen molar-refractivity contribution in [1.82, 2.24) is 15.2 Å². The van der Waals surface area contributed by atoms with Crippen molar-refractivity contribution in [3.05, 3.63) is 83.0 Å². The summed E-state index contributed by atoms with van der Waals surface area (Å²) in [6.45, 7) is 2.31. The van der Waals surface area contributed by atoms with Crippen molar-refractivity contribution in [3.8, 4) is 11.6 Å². The number of phenolic OH excluding ortho intramolecular Hbond substituents is 1. The largest absolute Gasteiger partial charge is 0.508 e. The zero-order valence-electron chi connectivity index (χ0n) is 23.1. The monoisotopic (exact) mass is 556 g/mol. The van der Waals surface area contributed by atoms with E-state index in [4.69, 9.17) is 4.74 Å². The molecule has 3 heterocycles. The first kappa shape index (κ1) is 27.1. The average Bonchev–Trinajstić information content (AvgIpc) is 2.99. The van der Waals surface area contributed by atoms with Crippen molar-refractivity contribution < 1.29 is 24.5 Å². The van der Waals surface area contributed by atoms with Crippen LogP contribution in [0.1, 0.15) is 60.4 Å². The van der Waals surface area contributed by atoms with Crippen LogP contribution in [0, 0.1) is 5.92 Å². The van der Waals surface area contributed by atoms with Crippen LogP contribution in [0.15, 0.2) is 60.8 Å². The number of benzene rings is 2. The van der Waals surface area contributed by atoms with Gasteiger partial charge in [-0.1, -0.05) is 30.7 Å². The number of carbonyl (C=O) groups is 2. The number of rotatable bonds is 7. The fourth-order valence-corrected chi connectivity index (χ4v) is 6.76. The fraction of sp³-hybridized carbons (Fsp3) is 0.406. The van der Waals surface area contributed by atoms with Crippen molar-refractivity contribution in [2.24, 2.45) is 5.92 Å². The first-order valence-corrected chi connectivity index (χ1v) is 14.4. The molecule has 1 aliphatic carbocycles. The molecule has 0 radical (unpaired) electrons.